The molecule has 1 aromatic carbocycles. The SMILES string of the molecule is Cc1ccc([C@@H]2C3=C(CC(C)(C)CC3=O)O[C@@]3(C)[C@@H]([N+](=O)[O-])CS(=O)(=O)[C@H]23)cc1. The highest BCUT2D eigenvalue weighted by atomic mass is 32.2. The van der Waals surface area contributed by atoms with Crippen molar-refractivity contribution in [2.45, 2.75) is 63.3 Å². The van der Waals surface area contributed by atoms with Crippen LogP contribution in [0, 0.1) is 22.5 Å². The van der Waals surface area contributed by atoms with Crippen LogP contribution in [-0.2, 0) is 19.4 Å². The Hall–Kier alpha value is -2.22. The van der Waals surface area contributed by atoms with Crippen molar-refractivity contribution in [3.05, 3.63) is 56.8 Å². The summed E-state index contributed by atoms with van der Waals surface area (Å²) in [4.78, 5) is 24.4. The number of rotatable bonds is 2. The number of hydrogen-bond donors (Lipinski definition) is 0. The van der Waals surface area contributed by atoms with Crippen LogP contribution in [0.5, 0.6) is 0 Å². The number of nitro groups is 1. The van der Waals surface area contributed by atoms with Crippen LogP contribution in [0.2, 0.25) is 0 Å². The normalized spacial score (nSPS) is 34.9. The molecule has 1 aliphatic carbocycles. The molecule has 0 aromatic heterocycles. The van der Waals surface area contributed by atoms with Crippen LogP contribution in [0.4, 0.5) is 0 Å². The lowest BCUT2D eigenvalue weighted by molar-refractivity contribution is -0.537. The third kappa shape index (κ3) is 2.99. The largest absolute Gasteiger partial charge is 0.483 e. The van der Waals surface area contributed by atoms with Crippen LogP contribution in [0.25, 0.3) is 0 Å². The Balaban J connectivity index is 1.99. The van der Waals surface area contributed by atoms with Gasteiger partial charge in [-0.1, -0.05) is 43.7 Å². The van der Waals surface area contributed by atoms with Crippen LogP contribution in [-0.4, -0.2) is 41.8 Å². The highest BCUT2D eigenvalue weighted by Crippen LogP contribution is 2.55. The van der Waals surface area contributed by atoms with Gasteiger partial charge in [0.15, 0.2) is 21.2 Å². The first kappa shape index (κ1) is 20.1. The van der Waals surface area contributed by atoms with Crippen LogP contribution >= 0.6 is 0 Å². The molecule has 2 aliphatic heterocycles. The molecule has 0 bridgehead atoms. The molecule has 1 aromatic rings. The van der Waals surface area contributed by atoms with E-state index >= 15 is 0 Å². The monoisotopic (exact) mass is 419 g/mol. The lowest BCUT2D eigenvalue weighted by Gasteiger charge is -2.46. The number of Topliss-reactive ketones (excluding diaryl/α,β-unsaturated/α-hetero) is 1. The van der Waals surface area contributed by atoms with Crippen molar-refractivity contribution in [3.8, 4) is 0 Å². The highest BCUT2D eigenvalue weighted by molar-refractivity contribution is 7.92. The van der Waals surface area contributed by atoms with Gasteiger partial charge in [0.05, 0.1) is 0 Å². The van der Waals surface area contributed by atoms with E-state index in [0.717, 1.165) is 5.56 Å². The summed E-state index contributed by atoms with van der Waals surface area (Å²) in [5, 5.41) is 10.6. The summed E-state index contributed by atoms with van der Waals surface area (Å²) in [5.41, 5.74) is 0.195. The van der Waals surface area contributed by atoms with E-state index in [4.69, 9.17) is 4.74 Å². The van der Waals surface area contributed by atoms with Crippen molar-refractivity contribution in [2.75, 3.05) is 5.75 Å². The Kier molecular flexibility index (Phi) is 4.25. The molecule has 0 radical (unpaired) electrons. The molecule has 156 valence electrons. The second-order valence-corrected chi connectivity index (χ2v) is 11.7. The van der Waals surface area contributed by atoms with Crippen LogP contribution in [0.1, 0.15) is 50.7 Å². The van der Waals surface area contributed by atoms with Crippen LogP contribution in [0.3, 0.4) is 0 Å². The first-order valence-electron chi connectivity index (χ1n) is 9.73. The molecule has 1 fully saturated rings. The van der Waals surface area contributed by atoms with E-state index in [9.17, 15) is 23.3 Å². The van der Waals surface area contributed by atoms with Crippen molar-refractivity contribution in [1.29, 1.82) is 0 Å². The molecule has 0 spiro atoms. The lowest BCUT2D eigenvalue weighted by Crippen LogP contribution is -2.56. The maximum atomic E-state index is 13.2. The number of carbonyl (C=O) groups is 1. The maximum Gasteiger partial charge on any atom is 0.266 e. The van der Waals surface area contributed by atoms with E-state index in [0.29, 0.717) is 29.7 Å². The molecular weight excluding hydrogens is 394 g/mol. The standard InChI is InChI=1S/C21H25NO6S/c1-12-5-7-13(8-6-12)17-18-14(23)9-20(2,3)10-15(18)28-21(4)16(22(24)25)11-29(26,27)19(17)21/h5-8,16-17,19H,9-11H2,1-4H3/t16-,17+,19+,21-/m0/s1. The second-order valence-electron chi connectivity index (χ2n) is 9.50. The number of ether oxygens (including phenoxy) is 1. The Morgan fingerprint density at radius 2 is 1.76 bits per heavy atom. The number of hydrogen-bond acceptors (Lipinski definition) is 6. The Labute approximate surface area is 170 Å². The molecule has 4 atom stereocenters. The van der Waals surface area contributed by atoms with E-state index in [1.807, 2.05) is 45.0 Å². The number of ketones is 1. The second kappa shape index (κ2) is 6.14. The lowest BCUT2D eigenvalue weighted by atomic mass is 9.68. The van der Waals surface area contributed by atoms with Gasteiger partial charge in [0.2, 0.25) is 0 Å². The fourth-order valence-corrected chi connectivity index (χ4v) is 7.94. The number of sulfone groups is 1. The summed E-state index contributed by atoms with van der Waals surface area (Å²) < 4.78 is 32.4. The van der Waals surface area contributed by atoms with Gasteiger partial charge in [-0.3, -0.25) is 14.9 Å². The molecular formula is C21H25NO6S. The van der Waals surface area contributed by atoms with Crippen molar-refractivity contribution >= 4 is 15.6 Å². The maximum absolute atomic E-state index is 13.2. The van der Waals surface area contributed by atoms with Gasteiger partial charge in [0.25, 0.3) is 6.04 Å². The minimum absolute atomic E-state index is 0.136. The van der Waals surface area contributed by atoms with E-state index in [-0.39, 0.29) is 11.2 Å². The molecule has 2 heterocycles. The van der Waals surface area contributed by atoms with Crippen molar-refractivity contribution in [1.82, 2.24) is 0 Å². The first-order valence-corrected chi connectivity index (χ1v) is 11.4. The number of aryl methyl sites for hydroxylation is 1. The summed E-state index contributed by atoms with van der Waals surface area (Å²) in [6, 6.07) is 5.99. The fourth-order valence-electron chi connectivity index (χ4n) is 5.22. The molecule has 0 saturated carbocycles. The van der Waals surface area contributed by atoms with Gasteiger partial charge in [0.1, 0.15) is 16.8 Å². The van der Waals surface area contributed by atoms with Gasteiger partial charge in [-0.05, 0) is 24.8 Å². The number of fused-ring (bicyclic) bond motifs is 1. The predicted octanol–water partition coefficient (Wildman–Crippen LogP) is 2.95. The number of allylic oxidation sites excluding steroid dienone is 2. The summed E-state index contributed by atoms with van der Waals surface area (Å²) in [7, 11) is -3.86. The third-order valence-corrected chi connectivity index (χ3v) is 8.82. The van der Waals surface area contributed by atoms with Gasteiger partial charge in [-0.2, -0.15) is 0 Å². The zero-order valence-corrected chi connectivity index (χ0v) is 17.8. The molecule has 0 unspecified atom stereocenters. The molecule has 7 nitrogen and oxygen atoms in total. The zero-order chi connectivity index (χ0) is 21.4. The van der Waals surface area contributed by atoms with Crippen LogP contribution in [0.15, 0.2) is 35.6 Å². The quantitative estimate of drug-likeness (QED) is 0.539. The van der Waals surface area contributed by atoms with E-state index in [1.54, 1.807) is 0 Å². The van der Waals surface area contributed by atoms with Gasteiger partial charge < -0.3 is 4.74 Å². The van der Waals surface area contributed by atoms with E-state index in [2.05, 4.69) is 0 Å². The number of nitrogens with zero attached hydrogens (tertiary/aromatic N) is 1. The van der Waals surface area contributed by atoms with Crippen molar-refractivity contribution in [2.24, 2.45) is 5.41 Å². The first-order chi connectivity index (χ1) is 13.4. The molecule has 3 aliphatic rings. The van der Waals surface area contributed by atoms with Gasteiger partial charge in [0, 0.05) is 29.3 Å². The number of carbonyl (C=O) groups excluding carboxylic acids is 1. The summed E-state index contributed by atoms with van der Waals surface area (Å²) in [6.45, 7) is 7.34. The average molecular weight is 419 g/mol. The van der Waals surface area contributed by atoms with Gasteiger partial charge >= 0.3 is 0 Å². The number of benzene rings is 1. The molecule has 29 heavy (non-hydrogen) atoms. The minimum Gasteiger partial charge on any atom is -0.483 e. The van der Waals surface area contributed by atoms with Crippen molar-refractivity contribution < 1.29 is 22.9 Å². The molecule has 4 rings (SSSR count). The van der Waals surface area contributed by atoms with E-state index in [1.165, 1.54) is 6.92 Å². The predicted molar refractivity (Wildman–Crippen MR) is 107 cm³/mol. The van der Waals surface area contributed by atoms with Crippen molar-refractivity contribution in [3.63, 3.8) is 0 Å². The smallest absolute Gasteiger partial charge is 0.266 e. The molecule has 1 saturated heterocycles. The molecule has 0 N–H and O–H groups in total. The summed E-state index contributed by atoms with van der Waals surface area (Å²) in [5.74, 6) is -1.06. The molecule has 8 heteroatoms. The highest BCUT2D eigenvalue weighted by Gasteiger charge is 2.70. The van der Waals surface area contributed by atoms with Gasteiger partial charge in [-0.15, -0.1) is 0 Å². The van der Waals surface area contributed by atoms with Gasteiger partial charge in [-0.25, -0.2) is 8.42 Å². The Morgan fingerprint density at radius 3 is 2.34 bits per heavy atom. The van der Waals surface area contributed by atoms with Crippen LogP contribution < -0.4 is 0 Å². The Morgan fingerprint density at radius 1 is 1.14 bits per heavy atom. The zero-order valence-electron chi connectivity index (χ0n) is 17.0. The third-order valence-electron chi connectivity index (χ3n) is 6.53. The van der Waals surface area contributed by atoms with E-state index < -0.39 is 43.3 Å². The molecule has 0 amide bonds. The summed E-state index contributed by atoms with van der Waals surface area (Å²) in [6.07, 6.45) is 0.739. The minimum atomic E-state index is -3.86. The average Bonchev–Trinajstić information content (AvgIpc) is 2.79. The summed E-state index contributed by atoms with van der Waals surface area (Å²) >= 11 is 0. The Bertz CT molecular complexity index is 1040. The fraction of sp³-hybridized carbons (Fsp3) is 0.571. The topological polar surface area (TPSA) is 104 Å².